The van der Waals surface area contributed by atoms with Crippen molar-refractivity contribution in [2.24, 2.45) is 0 Å². The van der Waals surface area contributed by atoms with Crippen molar-refractivity contribution < 1.29 is 42.9 Å². The van der Waals surface area contributed by atoms with Crippen molar-refractivity contribution in [1.29, 1.82) is 0 Å². The smallest absolute Gasteiger partial charge is 0.264 e. The van der Waals surface area contributed by atoms with Gasteiger partial charge in [-0.3, -0.25) is 29.4 Å². The molecule has 222 valence electrons. The summed E-state index contributed by atoms with van der Waals surface area (Å²) in [6.07, 6.45) is 0.189. The van der Waals surface area contributed by atoms with Crippen LogP contribution >= 0.6 is 0 Å². The molecule has 1 fully saturated rings. The van der Waals surface area contributed by atoms with Crippen LogP contribution in [-0.2, 0) is 33.3 Å². The molecule has 40 heavy (non-hydrogen) atoms. The van der Waals surface area contributed by atoms with Gasteiger partial charge in [-0.15, -0.1) is 0 Å². The molecule has 0 aliphatic carbocycles. The number of nitrogens with one attached hydrogen (secondary N) is 2. The minimum absolute atomic E-state index is 0.0754. The van der Waals surface area contributed by atoms with Gasteiger partial charge in [-0.2, -0.15) is 0 Å². The number of imide groups is 2. The van der Waals surface area contributed by atoms with Gasteiger partial charge >= 0.3 is 0 Å². The van der Waals surface area contributed by atoms with Crippen molar-refractivity contribution in [1.82, 2.24) is 15.1 Å². The maximum absolute atomic E-state index is 13.1. The second kappa shape index (κ2) is 17.0. The molecule has 2 N–H and O–H groups in total. The van der Waals surface area contributed by atoms with Gasteiger partial charge in [0.2, 0.25) is 11.8 Å². The zero-order valence-electron chi connectivity index (χ0n) is 23.3. The predicted octanol–water partition coefficient (Wildman–Crippen LogP) is 0.144. The summed E-state index contributed by atoms with van der Waals surface area (Å²) in [5, 5.41) is 5.32. The minimum atomic E-state index is -0.997. The molecule has 1 aromatic carbocycles. The number of hydrogen-bond donors (Lipinski definition) is 2. The molecule has 2 aliphatic heterocycles. The van der Waals surface area contributed by atoms with Crippen LogP contribution in [0.1, 0.15) is 33.6 Å². The lowest BCUT2D eigenvalue weighted by Crippen LogP contribution is -2.54. The third-order valence-corrected chi connectivity index (χ3v) is 6.20. The first kappa shape index (κ1) is 31.6. The first-order chi connectivity index (χ1) is 19.4. The van der Waals surface area contributed by atoms with Gasteiger partial charge in [-0.1, -0.05) is 6.07 Å². The van der Waals surface area contributed by atoms with Crippen LogP contribution in [0.15, 0.2) is 18.2 Å². The predicted molar refractivity (Wildman–Crippen MR) is 144 cm³/mol. The SMILES string of the molecule is CN(C)CCOCCOCCOCCOCCOCCNc1cccc2c1C(=O)N(C1CCC(=O)NC1=O)C2=O. The Hall–Kier alpha value is -2.94. The molecule has 0 saturated carbocycles. The molecule has 1 atom stereocenters. The highest BCUT2D eigenvalue weighted by Gasteiger charge is 2.45. The number of fused-ring (bicyclic) bond motifs is 1. The fourth-order valence-corrected chi connectivity index (χ4v) is 4.15. The fourth-order valence-electron chi connectivity index (χ4n) is 4.15. The van der Waals surface area contributed by atoms with E-state index in [1.165, 1.54) is 0 Å². The van der Waals surface area contributed by atoms with Gasteiger partial charge in [0.1, 0.15) is 6.04 Å². The zero-order valence-corrected chi connectivity index (χ0v) is 23.3. The third-order valence-electron chi connectivity index (χ3n) is 6.20. The summed E-state index contributed by atoms with van der Waals surface area (Å²) in [6, 6.07) is 3.93. The standard InChI is InChI=1S/C27H40N4O9/c1-30(2)9-11-37-13-15-39-17-19-40-18-16-38-14-12-36-10-8-28-21-5-3-4-20-24(21)27(35)31(26(20)34)22-6-7-23(32)29-25(22)33/h3-5,22,28H,6-19H2,1-2H3,(H,29,32,33). The van der Waals surface area contributed by atoms with Gasteiger partial charge in [0, 0.05) is 25.2 Å². The van der Waals surface area contributed by atoms with Crippen LogP contribution in [0.4, 0.5) is 5.69 Å². The number of hydrogen-bond acceptors (Lipinski definition) is 11. The van der Waals surface area contributed by atoms with Crippen LogP contribution in [0.5, 0.6) is 0 Å². The molecule has 0 radical (unpaired) electrons. The number of ether oxygens (including phenoxy) is 5. The molecular formula is C27H40N4O9. The van der Waals surface area contributed by atoms with Crippen LogP contribution in [0.2, 0.25) is 0 Å². The Labute approximate surface area is 234 Å². The highest BCUT2D eigenvalue weighted by Crippen LogP contribution is 2.32. The van der Waals surface area contributed by atoms with Gasteiger partial charge in [-0.25, -0.2) is 0 Å². The molecule has 1 saturated heterocycles. The fraction of sp³-hybridized carbons (Fsp3) is 0.630. The van der Waals surface area contributed by atoms with E-state index < -0.39 is 29.7 Å². The van der Waals surface area contributed by atoms with E-state index in [0.717, 1.165) is 11.4 Å². The second-order valence-corrected chi connectivity index (χ2v) is 9.47. The summed E-state index contributed by atoms with van der Waals surface area (Å²) in [4.78, 5) is 52.7. The maximum Gasteiger partial charge on any atom is 0.264 e. The molecule has 1 aromatic rings. The molecule has 2 heterocycles. The maximum atomic E-state index is 13.1. The second-order valence-electron chi connectivity index (χ2n) is 9.47. The average molecular weight is 565 g/mol. The average Bonchev–Trinajstić information content (AvgIpc) is 3.18. The molecular weight excluding hydrogens is 524 g/mol. The number of rotatable bonds is 20. The summed E-state index contributed by atoms with van der Waals surface area (Å²) in [7, 11) is 4.00. The number of likely N-dealkylation sites (N-methyl/N-ethyl adjacent to an activating group) is 1. The largest absolute Gasteiger partial charge is 0.382 e. The van der Waals surface area contributed by atoms with Gasteiger partial charge in [0.15, 0.2) is 0 Å². The Morgan fingerprint density at radius 3 is 1.98 bits per heavy atom. The van der Waals surface area contributed by atoms with E-state index in [9.17, 15) is 19.2 Å². The lowest BCUT2D eigenvalue weighted by molar-refractivity contribution is -0.136. The third kappa shape index (κ3) is 9.61. The normalized spacial score (nSPS) is 17.1. The quantitative estimate of drug-likeness (QED) is 0.165. The van der Waals surface area contributed by atoms with Gasteiger partial charge in [0.05, 0.1) is 77.2 Å². The molecule has 1 unspecified atom stereocenters. The van der Waals surface area contributed by atoms with E-state index in [4.69, 9.17) is 23.7 Å². The van der Waals surface area contributed by atoms with Gasteiger partial charge in [0.25, 0.3) is 11.8 Å². The van der Waals surface area contributed by atoms with Crippen molar-refractivity contribution in [3.8, 4) is 0 Å². The zero-order chi connectivity index (χ0) is 28.7. The Kier molecular flexibility index (Phi) is 13.4. The number of piperidine rings is 1. The van der Waals surface area contributed by atoms with Crippen molar-refractivity contribution >= 4 is 29.3 Å². The van der Waals surface area contributed by atoms with Crippen LogP contribution in [-0.4, -0.2) is 133 Å². The number of nitrogens with zero attached hydrogens (tertiary/aromatic N) is 2. The molecule has 0 spiro atoms. The van der Waals surface area contributed by atoms with Crippen LogP contribution in [0.25, 0.3) is 0 Å². The topological polar surface area (TPSA) is 145 Å². The van der Waals surface area contributed by atoms with Crippen LogP contribution < -0.4 is 10.6 Å². The van der Waals surface area contributed by atoms with Gasteiger partial charge in [-0.05, 0) is 32.6 Å². The van der Waals surface area contributed by atoms with Gasteiger partial charge < -0.3 is 33.9 Å². The van der Waals surface area contributed by atoms with Crippen LogP contribution in [0, 0.1) is 0 Å². The Morgan fingerprint density at radius 1 is 0.825 bits per heavy atom. The lowest BCUT2D eigenvalue weighted by atomic mass is 10.0. The summed E-state index contributed by atoms with van der Waals surface area (Å²) in [5.74, 6) is -2.13. The summed E-state index contributed by atoms with van der Waals surface area (Å²) < 4.78 is 27.4. The Bertz CT molecular complexity index is 1000. The lowest BCUT2D eigenvalue weighted by Gasteiger charge is -2.27. The number of amides is 4. The Morgan fingerprint density at radius 2 is 1.40 bits per heavy atom. The van der Waals surface area contributed by atoms with Crippen molar-refractivity contribution in [3.63, 3.8) is 0 Å². The summed E-state index contributed by atoms with van der Waals surface area (Å²) in [6.45, 7) is 6.18. The molecule has 0 bridgehead atoms. The van der Waals surface area contributed by atoms with Crippen molar-refractivity contribution in [2.45, 2.75) is 18.9 Å². The molecule has 13 heteroatoms. The Balaban J connectivity index is 1.22. The summed E-state index contributed by atoms with van der Waals surface area (Å²) >= 11 is 0. The summed E-state index contributed by atoms with van der Waals surface area (Å²) in [5.41, 5.74) is 0.940. The van der Waals surface area contributed by atoms with E-state index in [2.05, 4.69) is 15.5 Å². The highest BCUT2D eigenvalue weighted by atomic mass is 16.6. The molecule has 0 aromatic heterocycles. The first-order valence-electron chi connectivity index (χ1n) is 13.5. The first-order valence-corrected chi connectivity index (χ1v) is 13.5. The number of anilines is 1. The van der Waals surface area contributed by atoms with E-state index in [-0.39, 0.29) is 24.0 Å². The number of carbonyl (C=O) groups excluding carboxylic acids is 4. The minimum Gasteiger partial charge on any atom is -0.382 e. The molecule has 4 amide bonds. The van der Waals surface area contributed by atoms with E-state index in [1.807, 2.05) is 14.1 Å². The van der Waals surface area contributed by atoms with Crippen LogP contribution in [0.3, 0.4) is 0 Å². The monoisotopic (exact) mass is 564 g/mol. The number of benzene rings is 1. The molecule has 13 nitrogen and oxygen atoms in total. The van der Waals surface area contributed by atoms with E-state index in [1.54, 1.807) is 18.2 Å². The number of carbonyl (C=O) groups is 4. The molecule has 3 rings (SSSR count). The van der Waals surface area contributed by atoms with E-state index >= 15 is 0 Å². The van der Waals surface area contributed by atoms with Crippen molar-refractivity contribution in [2.75, 3.05) is 98.6 Å². The van der Waals surface area contributed by atoms with Crippen molar-refractivity contribution in [3.05, 3.63) is 29.3 Å². The molecule has 2 aliphatic rings. The highest BCUT2D eigenvalue weighted by molar-refractivity contribution is 6.25. The van der Waals surface area contributed by atoms with E-state index in [0.29, 0.717) is 78.3 Å².